The summed E-state index contributed by atoms with van der Waals surface area (Å²) < 4.78 is 75.0. The van der Waals surface area contributed by atoms with E-state index in [1.807, 2.05) is 24.3 Å². The fourth-order valence-electron chi connectivity index (χ4n) is 3.90. The average Bonchev–Trinajstić information content (AvgIpc) is 2.87. The van der Waals surface area contributed by atoms with E-state index in [1.54, 1.807) is 12.1 Å². The smallest absolute Gasteiger partial charge is 0.343 e. The highest BCUT2D eigenvalue weighted by Crippen LogP contribution is 3.02. The van der Waals surface area contributed by atoms with Gasteiger partial charge in [-0.2, -0.15) is 0 Å². The zero-order valence-electron chi connectivity index (χ0n) is 21.3. The molecule has 3 nitrogen and oxygen atoms in total. The number of esters is 1. The number of carbonyl (C=O) groups excluding carboxylic acids is 1. The van der Waals surface area contributed by atoms with Crippen molar-refractivity contribution in [2.24, 2.45) is 0 Å². The Morgan fingerprint density at radius 1 is 0.632 bits per heavy atom. The number of hydrogen-bond donors (Lipinski definition) is 0. The van der Waals surface area contributed by atoms with E-state index in [1.165, 1.54) is 50.7 Å². The molecule has 3 aromatic rings. The van der Waals surface area contributed by atoms with Crippen molar-refractivity contribution in [3.8, 4) is 22.6 Å². The molecule has 0 unspecified atom stereocenters. The lowest BCUT2D eigenvalue weighted by molar-refractivity contribution is 0.0734. The van der Waals surface area contributed by atoms with Gasteiger partial charge in [0.1, 0.15) is 16.4 Å². The van der Waals surface area contributed by atoms with E-state index in [4.69, 9.17) is 9.47 Å². The summed E-state index contributed by atoms with van der Waals surface area (Å²) in [5, 5.41) is 0. The molecule has 0 atom stereocenters. The molecule has 9 heteroatoms. The summed E-state index contributed by atoms with van der Waals surface area (Å²) in [6.07, 6.45) is 9.90. The first kappa shape index (κ1) is 29.5. The van der Waals surface area contributed by atoms with Crippen molar-refractivity contribution in [2.45, 2.75) is 63.2 Å². The van der Waals surface area contributed by atoms with Crippen molar-refractivity contribution in [2.75, 3.05) is 6.61 Å². The minimum atomic E-state index is -9.78. The first-order chi connectivity index (χ1) is 17.9. The zero-order chi connectivity index (χ0) is 27.7. The number of rotatable bonds is 14. The van der Waals surface area contributed by atoms with Crippen molar-refractivity contribution < 1.29 is 33.7 Å². The van der Waals surface area contributed by atoms with Gasteiger partial charge in [-0.05, 0) is 66.1 Å². The van der Waals surface area contributed by atoms with E-state index in [-0.39, 0.29) is 23.4 Å². The summed E-state index contributed by atoms with van der Waals surface area (Å²) in [6.45, 7) is 2.89. The van der Waals surface area contributed by atoms with Crippen molar-refractivity contribution in [3.63, 3.8) is 0 Å². The SMILES string of the molecule is CCCCCCCCCCOc1ccc(-c2ccc(C(=O)Oc3ccc(S(F)(F)(F)(F)F)cc3)cc2)cc1. The Labute approximate surface area is 220 Å². The van der Waals surface area contributed by atoms with Crippen LogP contribution in [0, 0.1) is 0 Å². The Morgan fingerprint density at radius 2 is 1.11 bits per heavy atom. The van der Waals surface area contributed by atoms with E-state index in [9.17, 15) is 24.2 Å². The summed E-state index contributed by atoms with van der Waals surface area (Å²) in [5.41, 5.74) is 1.92. The molecule has 208 valence electrons. The van der Waals surface area contributed by atoms with Gasteiger partial charge >= 0.3 is 16.2 Å². The van der Waals surface area contributed by atoms with Gasteiger partial charge in [0.25, 0.3) is 0 Å². The molecule has 0 fully saturated rings. The molecule has 0 aliphatic heterocycles. The molecule has 0 aliphatic carbocycles. The van der Waals surface area contributed by atoms with Crippen LogP contribution in [0.2, 0.25) is 0 Å². The van der Waals surface area contributed by atoms with Crippen LogP contribution in [0.25, 0.3) is 11.1 Å². The lowest BCUT2D eigenvalue weighted by Gasteiger charge is -2.40. The molecule has 0 radical (unpaired) electrons. The van der Waals surface area contributed by atoms with Crippen molar-refractivity contribution in [1.82, 2.24) is 0 Å². The standard InChI is InChI=1S/C29H33F5O3S/c1-2-3-4-5-6-7-8-9-22-36-26-16-14-24(15-17-26)23-10-12-25(13-11-23)29(35)37-27-18-20-28(21-19-27)38(30,31,32,33)34/h10-21H,2-9,22H2,1H3. The van der Waals surface area contributed by atoms with Crippen LogP contribution in [0.15, 0.2) is 77.7 Å². The number of ether oxygens (including phenoxy) is 2. The van der Waals surface area contributed by atoms with E-state index in [2.05, 4.69) is 6.92 Å². The maximum atomic E-state index is 12.8. The van der Waals surface area contributed by atoms with Crippen LogP contribution in [0.1, 0.15) is 68.6 Å². The van der Waals surface area contributed by atoms with Crippen molar-refractivity contribution in [3.05, 3.63) is 78.4 Å². The summed E-state index contributed by atoms with van der Waals surface area (Å²) in [7, 11) is -9.78. The van der Waals surface area contributed by atoms with E-state index < -0.39 is 21.1 Å². The predicted molar refractivity (Wildman–Crippen MR) is 143 cm³/mol. The number of unbranched alkanes of at least 4 members (excludes halogenated alkanes) is 7. The van der Waals surface area contributed by atoms with Crippen LogP contribution in [0.3, 0.4) is 0 Å². The Balaban J connectivity index is 1.47. The topological polar surface area (TPSA) is 35.5 Å². The Kier molecular flexibility index (Phi) is 9.13. The van der Waals surface area contributed by atoms with Crippen LogP contribution >= 0.6 is 10.2 Å². The number of hydrogen-bond acceptors (Lipinski definition) is 3. The second kappa shape index (κ2) is 11.8. The van der Waals surface area contributed by atoms with E-state index in [0.717, 1.165) is 29.7 Å². The normalized spacial score (nSPS) is 13.4. The fraction of sp³-hybridized carbons (Fsp3) is 0.345. The summed E-state index contributed by atoms with van der Waals surface area (Å²) in [5.74, 6) is -0.304. The van der Waals surface area contributed by atoms with Gasteiger partial charge in [0, 0.05) is 0 Å². The molecule has 38 heavy (non-hydrogen) atoms. The van der Waals surface area contributed by atoms with Gasteiger partial charge < -0.3 is 9.47 Å². The van der Waals surface area contributed by atoms with Crippen molar-refractivity contribution >= 4 is 16.2 Å². The van der Waals surface area contributed by atoms with Crippen LogP contribution in [-0.2, 0) is 0 Å². The third-order valence-electron chi connectivity index (χ3n) is 6.05. The average molecular weight is 557 g/mol. The molecule has 3 rings (SSSR count). The first-order valence-electron chi connectivity index (χ1n) is 12.8. The summed E-state index contributed by atoms with van der Waals surface area (Å²) in [4.78, 5) is 10.3. The number of benzene rings is 3. The maximum absolute atomic E-state index is 12.8. The molecule has 3 aromatic carbocycles. The van der Waals surface area contributed by atoms with Gasteiger partial charge in [-0.15, -0.1) is 0 Å². The lowest BCUT2D eigenvalue weighted by Crippen LogP contribution is -2.09. The quantitative estimate of drug-likeness (QED) is 0.0857. The molecular formula is C29H33F5O3S. The molecule has 0 aliphatic rings. The largest absolute Gasteiger partial charge is 0.494 e. The van der Waals surface area contributed by atoms with E-state index >= 15 is 0 Å². The van der Waals surface area contributed by atoms with Gasteiger partial charge in [-0.3, -0.25) is 0 Å². The Hall–Kier alpha value is -3.07. The maximum Gasteiger partial charge on any atom is 0.343 e. The van der Waals surface area contributed by atoms with Crippen LogP contribution in [-0.4, -0.2) is 12.6 Å². The number of halogens is 5. The molecular weight excluding hydrogens is 523 g/mol. The summed E-state index contributed by atoms with van der Waals surface area (Å²) in [6, 6.07) is 15.9. The van der Waals surface area contributed by atoms with Gasteiger partial charge in [-0.25, -0.2) is 4.79 Å². The van der Waals surface area contributed by atoms with E-state index in [0.29, 0.717) is 18.7 Å². The van der Waals surface area contributed by atoms with Gasteiger partial charge in [0.15, 0.2) is 0 Å². The minimum Gasteiger partial charge on any atom is -0.494 e. The Bertz CT molecular complexity index is 1180. The van der Waals surface area contributed by atoms with Gasteiger partial charge in [0.05, 0.1) is 12.2 Å². The fourth-order valence-corrected chi connectivity index (χ4v) is 4.55. The molecule has 0 bridgehead atoms. The highest BCUT2D eigenvalue weighted by molar-refractivity contribution is 8.45. The highest BCUT2D eigenvalue weighted by Gasteiger charge is 2.65. The first-order valence-corrected chi connectivity index (χ1v) is 14.7. The second-order valence-electron chi connectivity index (χ2n) is 9.25. The molecule has 0 aromatic heterocycles. The highest BCUT2D eigenvalue weighted by atomic mass is 32.5. The van der Waals surface area contributed by atoms with Crippen LogP contribution < -0.4 is 9.47 Å². The third kappa shape index (κ3) is 9.35. The molecule has 0 saturated carbocycles. The second-order valence-corrected chi connectivity index (χ2v) is 11.7. The Morgan fingerprint density at radius 3 is 1.63 bits per heavy atom. The minimum absolute atomic E-state index is 0.163. The van der Waals surface area contributed by atoms with Crippen molar-refractivity contribution in [1.29, 1.82) is 0 Å². The molecule has 0 amide bonds. The molecule has 0 N–H and O–H groups in total. The monoisotopic (exact) mass is 556 g/mol. The third-order valence-corrected chi connectivity index (χ3v) is 7.22. The van der Waals surface area contributed by atoms with Gasteiger partial charge in [-0.1, -0.05) is 95.6 Å². The summed E-state index contributed by atoms with van der Waals surface area (Å²) >= 11 is 0. The van der Waals surface area contributed by atoms with Gasteiger partial charge in [0.2, 0.25) is 0 Å². The zero-order valence-corrected chi connectivity index (χ0v) is 22.1. The molecule has 0 heterocycles. The number of carbonyl (C=O) groups is 1. The predicted octanol–water partition coefficient (Wildman–Crippen LogP) is 10.7. The molecule has 0 spiro atoms. The van der Waals surface area contributed by atoms with Crippen LogP contribution in [0.4, 0.5) is 19.4 Å². The van der Waals surface area contributed by atoms with Crippen LogP contribution in [0.5, 0.6) is 11.5 Å². The molecule has 0 saturated heterocycles. The lowest BCUT2D eigenvalue weighted by atomic mass is 10.0.